The molecule has 1 atom stereocenters. The first kappa shape index (κ1) is 15.8. The number of hydrogen-bond donors (Lipinski definition) is 2. The van der Waals surface area contributed by atoms with Crippen LogP contribution in [0.3, 0.4) is 0 Å². The van der Waals surface area contributed by atoms with E-state index in [2.05, 4.69) is 24.5 Å². The number of nitrogens with one attached hydrogen (secondary N) is 2. The standard InChI is InChI=1S/C17H32N2O/c1-13(20)19-17(2,3)12-16(14-6-4-5-7-14)15-8-10-18-11-9-15/h14-16,18H,4-12H2,1-3H3,(H,19,20)/t16-/m1/s1. The molecular weight excluding hydrogens is 248 g/mol. The zero-order chi connectivity index (χ0) is 14.6. The number of hydrogen-bond acceptors (Lipinski definition) is 2. The molecule has 2 fully saturated rings. The quantitative estimate of drug-likeness (QED) is 0.812. The van der Waals surface area contributed by atoms with Gasteiger partial charge in [-0.05, 0) is 64.0 Å². The van der Waals surface area contributed by atoms with Crippen LogP contribution in [0, 0.1) is 17.8 Å². The summed E-state index contributed by atoms with van der Waals surface area (Å²) >= 11 is 0. The van der Waals surface area contributed by atoms with Crippen molar-refractivity contribution in [3.8, 4) is 0 Å². The molecule has 0 unspecified atom stereocenters. The molecule has 1 saturated heterocycles. The van der Waals surface area contributed by atoms with E-state index in [0.717, 1.165) is 24.2 Å². The molecule has 3 heteroatoms. The number of carbonyl (C=O) groups is 1. The Labute approximate surface area is 124 Å². The summed E-state index contributed by atoms with van der Waals surface area (Å²) in [6.07, 6.45) is 9.41. The lowest BCUT2D eigenvalue weighted by molar-refractivity contribution is -0.120. The Bertz CT molecular complexity index is 315. The van der Waals surface area contributed by atoms with Gasteiger partial charge in [0, 0.05) is 12.5 Å². The summed E-state index contributed by atoms with van der Waals surface area (Å²) in [6, 6.07) is 0. The predicted octanol–water partition coefficient (Wildman–Crippen LogP) is 3.10. The molecule has 2 rings (SSSR count). The van der Waals surface area contributed by atoms with E-state index in [4.69, 9.17) is 0 Å². The second kappa shape index (κ2) is 6.93. The van der Waals surface area contributed by atoms with Crippen LogP contribution in [0.5, 0.6) is 0 Å². The van der Waals surface area contributed by atoms with E-state index in [1.54, 1.807) is 6.92 Å². The van der Waals surface area contributed by atoms with Gasteiger partial charge in [0.15, 0.2) is 0 Å². The van der Waals surface area contributed by atoms with Crippen molar-refractivity contribution in [1.82, 2.24) is 10.6 Å². The van der Waals surface area contributed by atoms with E-state index in [9.17, 15) is 4.79 Å². The summed E-state index contributed by atoms with van der Waals surface area (Å²) < 4.78 is 0. The minimum Gasteiger partial charge on any atom is -0.351 e. The summed E-state index contributed by atoms with van der Waals surface area (Å²) in [5.74, 6) is 2.64. The third kappa shape index (κ3) is 4.47. The third-order valence-electron chi connectivity index (χ3n) is 5.26. The monoisotopic (exact) mass is 280 g/mol. The van der Waals surface area contributed by atoms with Crippen molar-refractivity contribution in [3.05, 3.63) is 0 Å². The lowest BCUT2D eigenvalue weighted by atomic mass is 9.71. The molecule has 1 saturated carbocycles. The average Bonchev–Trinajstić information content (AvgIpc) is 2.89. The van der Waals surface area contributed by atoms with Crippen molar-refractivity contribution in [2.75, 3.05) is 13.1 Å². The van der Waals surface area contributed by atoms with Gasteiger partial charge in [0.05, 0.1) is 0 Å². The van der Waals surface area contributed by atoms with Gasteiger partial charge in [-0.15, -0.1) is 0 Å². The molecule has 0 aromatic rings. The zero-order valence-corrected chi connectivity index (χ0v) is 13.5. The number of rotatable bonds is 5. The molecule has 1 heterocycles. The van der Waals surface area contributed by atoms with Crippen molar-refractivity contribution in [3.63, 3.8) is 0 Å². The number of piperidine rings is 1. The molecule has 1 aliphatic heterocycles. The highest BCUT2D eigenvalue weighted by atomic mass is 16.1. The fraction of sp³-hybridized carbons (Fsp3) is 0.941. The van der Waals surface area contributed by atoms with Gasteiger partial charge in [-0.25, -0.2) is 0 Å². The average molecular weight is 280 g/mol. The second-order valence-electron chi connectivity index (χ2n) is 7.57. The van der Waals surface area contributed by atoms with Gasteiger partial charge in [-0.2, -0.15) is 0 Å². The highest BCUT2D eigenvalue weighted by Gasteiger charge is 2.36. The molecule has 2 aliphatic rings. The number of carbonyl (C=O) groups excluding carboxylic acids is 1. The summed E-state index contributed by atoms with van der Waals surface area (Å²) in [5, 5.41) is 6.64. The second-order valence-corrected chi connectivity index (χ2v) is 7.57. The van der Waals surface area contributed by atoms with Crippen LogP contribution in [-0.2, 0) is 4.79 Å². The molecule has 0 spiro atoms. The molecule has 0 bridgehead atoms. The Morgan fingerprint density at radius 3 is 2.25 bits per heavy atom. The van der Waals surface area contributed by atoms with E-state index < -0.39 is 0 Å². The van der Waals surface area contributed by atoms with Crippen LogP contribution < -0.4 is 10.6 Å². The zero-order valence-electron chi connectivity index (χ0n) is 13.5. The smallest absolute Gasteiger partial charge is 0.217 e. The lowest BCUT2D eigenvalue weighted by Crippen LogP contribution is -2.46. The first-order valence-electron chi connectivity index (χ1n) is 8.47. The van der Waals surface area contributed by atoms with Crippen molar-refractivity contribution in [2.24, 2.45) is 17.8 Å². The van der Waals surface area contributed by atoms with E-state index in [-0.39, 0.29) is 11.4 Å². The third-order valence-corrected chi connectivity index (χ3v) is 5.26. The van der Waals surface area contributed by atoms with Gasteiger partial charge < -0.3 is 10.6 Å². The lowest BCUT2D eigenvalue weighted by Gasteiger charge is -2.39. The van der Waals surface area contributed by atoms with Gasteiger partial charge in [0.2, 0.25) is 5.91 Å². The predicted molar refractivity (Wildman–Crippen MR) is 83.6 cm³/mol. The van der Waals surface area contributed by atoms with Crippen LogP contribution in [0.2, 0.25) is 0 Å². The molecule has 3 nitrogen and oxygen atoms in total. The summed E-state index contributed by atoms with van der Waals surface area (Å²) in [5.41, 5.74) is -0.0655. The SMILES string of the molecule is CC(=O)NC(C)(C)C[C@H](C1CCCC1)C1CCNCC1. The Hall–Kier alpha value is -0.570. The Kier molecular flexibility index (Phi) is 5.48. The number of amides is 1. The maximum Gasteiger partial charge on any atom is 0.217 e. The van der Waals surface area contributed by atoms with Crippen molar-refractivity contribution in [2.45, 2.75) is 71.3 Å². The van der Waals surface area contributed by atoms with Gasteiger partial charge in [-0.3, -0.25) is 4.79 Å². The fourth-order valence-corrected chi connectivity index (χ4v) is 4.49. The molecular formula is C17H32N2O. The van der Waals surface area contributed by atoms with Crippen molar-refractivity contribution < 1.29 is 4.79 Å². The van der Waals surface area contributed by atoms with E-state index >= 15 is 0 Å². The van der Waals surface area contributed by atoms with Crippen LogP contribution in [0.25, 0.3) is 0 Å². The van der Waals surface area contributed by atoms with Crippen LogP contribution in [-0.4, -0.2) is 24.5 Å². The molecule has 0 aromatic heterocycles. The van der Waals surface area contributed by atoms with E-state index in [0.29, 0.717) is 0 Å². The van der Waals surface area contributed by atoms with E-state index in [1.165, 1.54) is 51.6 Å². The summed E-state index contributed by atoms with van der Waals surface area (Å²) in [4.78, 5) is 11.4. The maximum atomic E-state index is 11.4. The topological polar surface area (TPSA) is 41.1 Å². The van der Waals surface area contributed by atoms with Crippen LogP contribution in [0.1, 0.15) is 65.7 Å². The minimum absolute atomic E-state index is 0.0655. The van der Waals surface area contributed by atoms with Gasteiger partial charge in [-0.1, -0.05) is 25.7 Å². The Morgan fingerprint density at radius 2 is 1.70 bits per heavy atom. The maximum absolute atomic E-state index is 11.4. The van der Waals surface area contributed by atoms with Crippen molar-refractivity contribution in [1.29, 1.82) is 0 Å². The molecule has 0 radical (unpaired) electrons. The molecule has 20 heavy (non-hydrogen) atoms. The van der Waals surface area contributed by atoms with Crippen molar-refractivity contribution >= 4 is 5.91 Å². The summed E-state index contributed by atoms with van der Waals surface area (Å²) in [7, 11) is 0. The van der Waals surface area contributed by atoms with Crippen LogP contribution >= 0.6 is 0 Å². The van der Waals surface area contributed by atoms with Gasteiger partial charge in [0.25, 0.3) is 0 Å². The first-order chi connectivity index (χ1) is 9.48. The van der Waals surface area contributed by atoms with Gasteiger partial charge in [0.1, 0.15) is 0 Å². The van der Waals surface area contributed by atoms with Crippen LogP contribution in [0.4, 0.5) is 0 Å². The molecule has 116 valence electrons. The molecule has 1 amide bonds. The Morgan fingerprint density at radius 1 is 1.15 bits per heavy atom. The summed E-state index contributed by atoms with van der Waals surface area (Å²) in [6.45, 7) is 8.37. The largest absolute Gasteiger partial charge is 0.351 e. The molecule has 0 aromatic carbocycles. The highest BCUT2D eigenvalue weighted by molar-refractivity contribution is 5.73. The normalized spacial score (nSPS) is 23.8. The first-order valence-corrected chi connectivity index (χ1v) is 8.47. The molecule has 2 N–H and O–H groups in total. The van der Waals surface area contributed by atoms with E-state index in [1.807, 2.05) is 0 Å². The Balaban J connectivity index is 2.03. The highest BCUT2D eigenvalue weighted by Crippen LogP contribution is 2.42. The van der Waals surface area contributed by atoms with Gasteiger partial charge >= 0.3 is 0 Å². The fourth-order valence-electron chi connectivity index (χ4n) is 4.49. The minimum atomic E-state index is -0.0655. The molecule has 1 aliphatic carbocycles. The van der Waals surface area contributed by atoms with Crippen LogP contribution in [0.15, 0.2) is 0 Å².